The van der Waals surface area contributed by atoms with Crippen molar-refractivity contribution in [3.05, 3.63) is 24.0 Å². The Hall–Kier alpha value is -1.58. The molecule has 4 heteroatoms. The van der Waals surface area contributed by atoms with Crippen LogP contribution in [0.2, 0.25) is 0 Å². The summed E-state index contributed by atoms with van der Waals surface area (Å²) in [5, 5.41) is 0. The molecule has 0 aliphatic carbocycles. The van der Waals surface area contributed by atoms with Gasteiger partial charge in [-0.2, -0.15) is 0 Å². The summed E-state index contributed by atoms with van der Waals surface area (Å²) in [6.45, 7) is 20.8. The molecule has 0 aliphatic heterocycles. The lowest BCUT2D eigenvalue weighted by molar-refractivity contribution is 0.0320. The molecule has 0 aromatic heterocycles. The number of aliphatic imine (C=N–C) groups is 1. The Morgan fingerprint density at radius 3 is 2.11 bits per heavy atom. The van der Waals surface area contributed by atoms with E-state index in [4.69, 9.17) is 4.74 Å². The number of nitrogens with zero attached hydrogens (tertiary/aromatic N) is 2. The normalized spacial score (nSPS) is 11.0. The molecule has 0 saturated heterocycles. The summed E-state index contributed by atoms with van der Waals surface area (Å²) in [6.07, 6.45) is 1.26. The maximum atomic E-state index is 11.9. The van der Waals surface area contributed by atoms with Gasteiger partial charge in [0.05, 0.1) is 0 Å². The van der Waals surface area contributed by atoms with E-state index in [0.717, 1.165) is 5.57 Å². The topological polar surface area (TPSA) is 41.9 Å². The third-order valence-corrected chi connectivity index (χ3v) is 1.74. The number of carbonyl (C=O) groups excluding carboxylic acids is 1. The van der Waals surface area contributed by atoms with Crippen molar-refractivity contribution in [3.63, 3.8) is 0 Å². The van der Waals surface area contributed by atoms with Gasteiger partial charge in [0, 0.05) is 6.54 Å². The van der Waals surface area contributed by atoms with E-state index in [1.165, 1.54) is 4.90 Å². The second-order valence-corrected chi connectivity index (χ2v) is 4.73. The van der Waals surface area contributed by atoms with Crippen molar-refractivity contribution in [2.75, 3.05) is 6.54 Å². The fourth-order valence-electron chi connectivity index (χ4n) is 1.13. The van der Waals surface area contributed by atoms with Crippen LogP contribution in [0.4, 0.5) is 4.79 Å². The predicted octanol–water partition coefficient (Wildman–Crippen LogP) is 4.39. The molecule has 110 valence electrons. The Morgan fingerprint density at radius 1 is 1.37 bits per heavy atom. The smallest absolute Gasteiger partial charge is 0.415 e. The van der Waals surface area contributed by atoms with Crippen molar-refractivity contribution in [1.29, 1.82) is 0 Å². The molecule has 19 heavy (non-hydrogen) atoms. The van der Waals surface area contributed by atoms with Crippen molar-refractivity contribution in [3.8, 4) is 0 Å². The Labute approximate surface area is 117 Å². The summed E-state index contributed by atoms with van der Waals surface area (Å²) in [4.78, 5) is 17.2. The minimum atomic E-state index is -0.528. The average molecular weight is 268 g/mol. The minimum absolute atomic E-state index is 0.431. The lowest BCUT2D eigenvalue weighted by Gasteiger charge is -2.26. The van der Waals surface area contributed by atoms with E-state index < -0.39 is 11.7 Å². The van der Waals surface area contributed by atoms with E-state index in [-0.39, 0.29) is 0 Å². The molecule has 1 amide bonds. The van der Waals surface area contributed by atoms with Crippen LogP contribution in [0, 0.1) is 0 Å². The van der Waals surface area contributed by atoms with Gasteiger partial charge in [0.25, 0.3) is 0 Å². The van der Waals surface area contributed by atoms with Gasteiger partial charge in [0.15, 0.2) is 0 Å². The zero-order chi connectivity index (χ0) is 15.6. The van der Waals surface area contributed by atoms with Crippen LogP contribution < -0.4 is 0 Å². The Morgan fingerprint density at radius 2 is 1.84 bits per heavy atom. The number of allylic oxidation sites excluding steroid dienone is 2. The standard InChI is InChI=1S/C13H22N2O2.C2H6/c1-8-15(11(14-7)9-10(2)3)12(16)17-13(4,5)6;1-2/h9H,2,7-8H2,1,3-6H3;1-2H3/b11-9+;. The van der Waals surface area contributed by atoms with Crippen molar-refractivity contribution >= 4 is 12.8 Å². The van der Waals surface area contributed by atoms with Gasteiger partial charge in [-0.05, 0) is 47.4 Å². The van der Waals surface area contributed by atoms with Crippen LogP contribution in [0.5, 0.6) is 0 Å². The van der Waals surface area contributed by atoms with Gasteiger partial charge in [-0.25, -0.2) is 9.79 Å². The molecule has 0 fully saturated rings. The highest BCUT2D eigenvalue weighted by molar-refractivity contribution is 5.70. The minimum Gasteiger partial charge on any atom is -0.443 e. The summed E-state index contributed by atoms with van der Waals surface area (Å²) >= 11 is 0. The summed E-state index contributed by atoms with van der Waals surface area (Å²) < 4.78 is 5.28. The number of carbonyl (C=O) groups is 1. The van der Waals surface area contributed by atoms with Gasteiger partial charge in [-0.1, -0.05) is 26.0 Å². The monoisotopic (exact) mass is 268 g/mol. The van der Waals surface area contributed by atoms with Crippen molar-refractivity contribution in [2.45, 2.75) is 54.1 Å². The van der Waals surface area contributed by atoms with Crippen LogP contribution in [0.15, 0.2) is 29.0 Å². The second kappa shape index (κ2) is 9.36. The first kappa shape index (κ1) is 19.8. The second-order valence-electron chi connectivity index (χ2n) is 4.73. The van der Waals surface area contributed by atoms with Crippen LogP contribution >= 0.6 is 0 Å². The lowest BCUT2D eigenvalue weighted by atomic mass is 10.2. The Bertz CT molecular complexity index is 339. The molecule has 0 spiro atoms. The number of hydrogen-bond acceptors (Lipinski definition) is 3. The van der Waals surface area contributed by atoms with Crippen LogP contribution in [0.25, 0.3) is 0 Å². The molecule has 0 bridgehead atoms. The summed E-state index contributed by atoms with van der Waals surface area (Å²) in [5.74, 6) is 0.453. The maximum Gasteiger partial charge on any atom is 0.415 e. The fraction of sp³-hybridized carbons (Fsp3) is 0.600. The highest BCUT2D eigenvalue weighted by atomic mass is 16.6. The number of hydrogen-bond donors (Lipinski definition) is 0. The Balaban J connectivity index is 0. The van der Waals surface area contributed by atoms with Crippen LogP contribution in [0.3, 0.4) is 0 Å². The van der Waals surface area contributed by atoms with E-state index in [1.807, 2.05) is 48.5 Å². The fourth-order valence-corrected chi connectivity index (χ4v) is 1.13. The molecular formula is C15H28N2O2. The van der Waals surface area contributed by atoms with Crippen LogP contribution in [0.1, 0.15) is 48.5 Å². The molecule has 0 heterocycles. The number of rotatable bonds is 4. The quantitative estimate of drug-likeness (QED) is 0.560. The van der Waals surface area contributed by atoms with E-state index >= 15 is 0 Å². The van der Waals surface area contributed by atoms with Gasteiger partial charge in [-0.15, -0.1) is 0 Å². The van der Waals surface area contributed by atoms with Gasteiger partial charge in [0.2, 0.25) is 0 Å². The molecule has 0 unspecified atom stereocenters. The molecule has 0 saturated carbocycles. The van der Waals surface area contributed by atoms with Gasteiger partial charge in [-0.3, -0.25) is 4.90 Å². The van der Waals surface area contributed by atoms with E-state index in [2.05, 4.69) is 18.3 Å². The van der Waals surface area contributed by atoms with Crippen molar-refractivity contribution in [2.24, 2.45) is 4.99 Å². The highest BCUT2D eigenvalue weighted by Crippen LogP contribution is 2.15. The third kappa shape index (κ3) is 9.05. The van der Waals surface area contributed by atoms with E-state index in [0.29, 0.717) is 12.4 Å². The van der Waals surface area contributed by atoms with Crippen LogP contribution in [-0.2, 0) is 4.74 Å². The molecule has 0 rings (SSSR count). The maximum absolute atomic E-state index is 11.9. The molecule has 0 aromatic rings. The van der Waals surface area contributed by atoms with Crippen molar-refractivity contribution < 1.29 is 9.53 Å². The zero-order valence-corrected chi connectivity index (χ0v) is 13.4. The van der Waals surface area contributed by atoms with Crippen LogP contribution in [-0.4, -0.2) is 29.9 Å². The zero-order valence-electron chi connectivity index (χ0n) is 13.4. The summed E-state index contributed by atoms with van der Waals surface area (Å²) in [6, 6.07) is 0. The Kier molecular flexibility index (Phi) is 9.73. The SMILES string of the molecule is C=N/C(=C\C(=C)C)N(CC)C(=O)OC(C)(C)C.CC. The number of ether oxygens (including phenoxy) is 1. The number of amides is 1. The molecule has 0 atom stereocenters. The molecule has 0 aliphatic rings. The third-order valence-electron chi connectivity index (χ3n) is 1.74. The average Bonchev–Trinajstić information content (AvgIpc) is 2.28. The first-order valence-electron chi connectivity index (χ1n) is 6.55. The first-order chi connectivity index (χ1) is 8.71. The molecule has 0 aromatic carbocycles. The van der Waals surface area contributed by atoms with E-state index in [9.17, 15) is 4.79 Å². The van der Waals surface area contributed by atoms with Gasteiger partial charge in [0.1, 0.15) is 11.4 Å². The highest BCUT2D eigenvalue weighted by Gasteiger charge is 2.23. The van der Waals surface area contributed by atoms with E-state index in [1.54, 1.807) is 6.08 Å². The summed E-state index contributed by atoms with van der Waals surface area (Å²) in [7, 11) is 0. The molecular weight excluding hydrogens is 240 g/mol. The van der Waals surface area contributed by atoms with Crippen molar-refractivity contribution in [1.82, 2.24) is 4.90 Å². The lowest BCUT2D eigenvalue weighted by Crippen LogP contribution is -2.35. The largest absolute Gasteiger partial charge is 0.443 e. The summed E-state index contributed by atoms with van der Waals surface area (Å²) in [5.41, 5.74) is 0.273. The molecule has 0 N–H and O–H groups in total. The van der Waals surface area contributed by atoms with Gasteiger partial charge < -0.3 is 4.74 Å². The predicted molar refractivity (Wildman–Crippen MR) is 82.4 cm³/mol. The molecule has 0 radical (unpaired) electrons. The molecule has 4 nitrogen and oxygen atoms in total. The first-order valence-corrected chi connectivity index (χ1v) is 6.55. The van der Waals surface area contributed by atoms with Gasteiger partial charge >= 0.3 is 6.09 Å².